The number of sulfonamides is 1. The Hall–Kier alpha value is -2.68. The van der Waals surface area contributed by atoms with Gasteiger partial charge in [0, 0.05) is 37.3 Å². The third-order valence-corrected chi connectivity index (χ3v) is 7.46. The number of nitrogens with zero attached hydrogens (tertiary/aromatic N) is 4. The van der Waals surface area contributed by atoms with E-state index in [1.807, 2.05) is 36.1 Å². The van der Waals surface area contributed by atoms with Gasteiger partial charge in [-0.05, 0) is 55.8 Å². The van der Waals surface area contributed by atoms with Gasteiger partial charge in [-0.15, -0.1) is 5.10 Å². The van der Waals surface area contributed by atoms with Gasteiger partial charge < -0.3 is 4.90 Å². The van der Waals surface area contributed by atoms with Crippen molar-refractivity contribution < 1.29 is 8.42 Å². The molecule has 1 aliphatic rings. The number of anilines is 1. The zero-order valence-corrected chi connectivity index (χ0v) is 18.7. The van der Waals surface area contributed by atoms with Crippen LogP contribution in [0.3, 0.4) is 0 Å². The molecule has 7 nitrogen and oxygen atoms in total. The van der Waals surface area contributed by atoms with Gasteiger partial charge in [-0.1, -0.05) is 29.3 Å². The quantitative estimate of drug-likeness (QED) is 0.600. The second-order valence-corrected chi connectivity index (χ2v) is 9.85. The van der Waals surface area contributed by atoms with Gasteiger partial charge in [-0.25, -0.2) is 8.42 Å². The molecule has 2 heterocycles. The Balaban J connectivity index is 1.55. The fourth-order valence-electron chi connectivity index (χ4n) is 3.56. The average Bonchev–Trinajstić information content (AvgIpc) is 3.02. The van der Waals surface area contributed by atoms with Crippen molar-refractivity contribution in [3.8, 4) is 5.69 Å². The molecule has 0 amide bonds. The number of aryl methyl sites for hydroxylation is 1. The second-order valence-electron chi connectivity index (χ2n) is 7.48. The van der Waals surface area contributed by atoms with Crippen LogP contribution in [-0.2, 0) is 10.0 Å². The van der Waals surface area contributed by atoms with E-state index in [4.69, 9.17) is 11.6 Å². The molecule has 1 saturated heterocycles. The molecule has 0 unspecified atom stereocenters. The lowest BCUT2D eigenvalue weighted by molar-refractivity contribution is 0.433. The van der Waals surface area contributed by atoms with Crippen LogP contribution >= 0.6 is 11.6 Å². The fraction of sp³-hybridized carbons (Fsp3) is 0.273. The molecule has 0 saturated carbocycles. The molecule has 4 rings (SSSR count). The summed E-state index contributed by atoms with van der Waals surface area (Å²) in [5, 5.41) is 5.04. The maximum atomic E-state index is 13.0. The highest BCUT2D eigenvalue weighted by Gasteiger charge is 2.27. The molecular weight excluding hydrogens is 436 g/mol. The highest BCUT2D eigenvalue weighted by molar-refractivity contribution is 7.89. The van der Waals surface area contributed by atoms with Crippen molar-refractivity contribution in [3.05, 3.63) is 81.6 Å². The Morgan fingerprint density at radius 2 is 1.58 bits per heavy atom. The minimum atomic E-state index is -3.60. The zero-order chi connectivity index (χ0) is 22.0. The molecule has 0 atom stereocenters. The monoisotopic (exact) mass is 458 g/mol. The van der Waals surface area contributed by atoms with E-state index in [0.717, 1.165) is 5.56 Å². The van der Waals surface area contributed by atoms with Crippen molar-refractivity contribution in [2.24, 2.45) is 0 Å². The Bertz CT molecular complexity index is 1220. The molecule has 31 heavy (non-hydrogen) atoms. The lowest BCUT2D eigenvalue weighted by Gasteiger charge is -2.23. The van der Waals surface area contributed by atoms with Crippen LogP contribution in [0.1, 0.15) is 12.0 Å². The molecule has 0 bridgehead atoms. The first kappa shape index (κ1) is 21.5. The molecule has 1 fully saturated rings. The Morgan fingerprint density at radius 1 is 0.871 bits per heavy atom. The normalized spacial score (nSPS) is 15.6. The molecule has 2 aromatic carbocycles. The number of rotatable bonds is 4. The summed E-state index contributed by atoms with van der Waals surface area (Å²) in [5.74, 6) is 0.644. The van der Waals surface area contributed by atoms with Gasteiger partial charge in [-0.2, -0.15) is 8.99 Å². The topological polar surface area (TPSA) is 75.5 Å². The van der Waals surface area contributed by atoms with E-state index in [9.17, 15) is 13.2 Å². The summed E-state index contributed by atoms with van der Waals surface area (Å²) < 4.78 is 28.9. The smallest absolute Gasteiger partial charge is 0.271 e. The number of hydrogen-bond acceptors (Lipinski definition) is 5. The van der Waals surface area contributed by atoms with Crippen LogP contribution in [0.5, 0.6) is 0 Å². The van der Waals surface area contributed by atoms with E-state index in [-0.39, 0.29) is 10.5 Å². The summed E-state index contributed by atoms with van der Waals surface area (Å²) in [4.78, 5) is 14.6. The van der Waals surface area contributed by atoms with Crippen LogP contribution in [0.2, 0.25) is 5.02 Å². The number of hydrogen-bond donors (Lipinski definition) is 0. The largest absolute Gasteiger partial charge is 0.354 e. The van der Waals surface area contributed by atoms with Crippen LogP contribution in [0.4, 0.5) is 5.82 Å². The van der Waals surface area contributed by atoms with E-state index in [2.05, 4.69) is 5.10 Å². The maximum absolute atomic E-state index is 13.0. The van der Waals surface area contributed by atoms with Crippen LogP contribution in [0, 0.1) is 6.92 Å². The first-order chi connectivity index (χ1) is 14.8. The third-order valence-electron chi connectivity index (χ3n) is 5.30. The SMILES string of the molecule is Cc1ccc(-n2nc(N3CCCN(S(=O)(=O)c4ccc(Cl)cc4)CC3)ccc2=O)cc1. The highest BCUT2D eigenvalue weighted by Crippen LogP contribution is 2.21. The van der Waals surface area contributed by atoms with Crippen LogP contribution in [0.15, 0.2) is 70.4 Å². The van der Waals surface area contributed by atoms with Crippen LogP contribution < -0.4 is 10.5 Å². The van der Waals surface area contributed by atoms with E-state index >= 15 is 0 Å². The van der Waals surface area contributed by atoms with Crippen molar-refractivity contribution in [1.29, 1.82) is 0 Å². The molecule has 0 radical (unpaired) electrons. The summed E-state index contributed by atoms with van der Waals surface area (Å²) >= 11 is 5.89. The molecule has 9 heteroatoms. The fourth-order valence-corrected chi connectivity index (χ4v) is 5.16. The van der Waals surface area contributed by atoms with Gasteiger partial charge >= 0.3 is 0 Å². The second kappa shape index (κ2) is 8.82. The molecule has 1 aliphatic heterocycles. The standard InChI is InChI=1S/C22H23ClN4O3S/c1-17-3-7-19(8-4-17)27-22(28)12-11-21(24-27)25-13-2-14-26(16-15-25)31(29,30)20-9-5-18(23)6-10-20/h3-12H,2,13-16H2,1H3. The van der Waals surface area contributed by atoms with Gasteiger partial charge in [0.1, 0.15) is 5.82 Å². The Morgan fingerprint density at radius 3 is 2.29 bits per heavy atom. The summed E-state index contributed by atoms with van der Waals surface area (Å²) in [7, 11) is -3.60. The van der Waals surface area contributed by atoms with E-state index < -0.39 is 10.0 Å². The highest BCUT2D eigenvalue weighted by atomic mass is 35.5. The average molecular weight is 459 g/mol. The lowest BCUT2D eigenvalue weighted by Crippen LogP contribution is -2.36. The van der Waals surface area contributed by atoms with Gasteiger partial charge in [-0.3, -0.25) is 4.79 Å². The number of aromatic nitrogens is 2. The maximum Gasteiger partial charge on any atom is 0.271 e. The number of benzene rings is 2. The van der Waals surface area contributed by atoms with Gasteiger partial charge in [0.05, 0.1) is 10.6 Å². The number of halogens is 1. The third kappa shape index (κ3) is 4.66. The first-order valence-corrected chi connectivity index (χ1v) is 11.8. The van der Waals surface area contributed by atoms with Crippen LogP contribution in [-0.4, -0.2) is 48.7 Å². The van der Waals surface area contributed by atoms with Crippen LogP contribution in [0.25, 0.3) is 5.69 Å². The van der Waals surface area contributed by atoms with Crippen molar-refractivity contribution >= 4 is 27.4 Å². The van der Waals surface area contributed by atoms with E-state index in [0.29, 0.717) is 49.1 Å². The van der Waals surface area contributed by atoms with E-state index in [1.54, 1.807) is 18.2 Å². The summed E-state index contributed by atoms with van der Waals surface area (Å²) in [6, 6.07) is 17.0. The molecule has 1 aromatic heterocycles. The molecule has 0 spiro atoms. The van der Waals surface area contributed by atoms with E-state index in [1.165, 1.54) is 27.2 Å². The lowest BCUT2D eigenvalue weighted by atomic mass is 10.2. The van der Waals surface area contributed by atoms with Crippen molar-refractivity contribution in [2.45, 2.75) is 18.2 Å². The predicted octanol–water partition coefficient (Wildman–Crippen LogP) is 3.10. The molecule has 3 aromatic rings. The molecular formula is C22H23ClN4O3S. The molecule has 0 N–H and O–H groups in total. The summed E-state index contributed by atoms with van der Waals surface area (Å²) in [6.45, 7) is 3.85. The van der Waals surface area contributed by atoms with Crippen molar-refractivity contribution in [2.75, 3.05) is 31.1 Å². The Kier molecular flexibility index (Phi) is 6.13. The van der Waals surface area contributed by atoms with Gasteiger partial charge in [0.2, 0.25) is 10.0 Å². The summed E-state index contributed by atoms with van der Waals surface area (Å²) in [6.07, 6.45) is 0.651. The summed E-state index contributed by atoms with van der Waals surface area (Å²) in [5.41, 5.74) is 1.58. The zero-order valence-electron chi connectivity index (χ0n) is 17.1. The minimum Gasteiger partial charge on any atom is -0.354 e. The first-order valence-electron chi connectivity index (χ1n) is 10.0. The molecule has 0 aliphatic carbocycles. The van der Waals surface area contributed by atoms with Crippen molar-refractivity contribution in [3.63, 3.8) is 0 Å². The Labute approximate surface area is 186 Å². The predicted molar refractivity (Wildman–Crippen MR) is 122 cm³/mol. The van der Waals surface area contributed by atoms with Gasteiger partial charge in [0.15, 0.2) is 0 Å². The molecule has 162 valence electrons. The minimum absolute atomic E-state index is 0.214. The van der Waals surface area contributed by atoms with Gasteiger partial charge in [0.25, 0.3) is 5.56 Å². The van der Waals surface area contributed by atoms with Crippen molar-refractivity contribution in [1.82, 2.24) is 14.1 Å².